The fraction of sp³-hybridized carbons (Fsp3) is 0.579. The lowest BCUT2D eigenvalue weighted by molar-refractivity contribution is -0.122. The molecule has 2 atom stereocenters. The second-order valence-corrected chi connectivity index (χ2v) is 7.79. The summed E-state index contributed by atoms with van der Waals surface area (Å²) in [6.45, 7) is 2.18. The second-order valence-electron chi connectivity index (χ2n) is 7.79. The maximum Gasteiger partial charge on any atom is 0.271 e. The smallest absolute Gasteiger partial charge is 0.271 e. The van der Waals surface area contributed by atoms with Crippen LogP contribution in [0.1, 0.15) is 42.6 Å². The number of rotatable bonds is 6. The van der Waals surface area contributed by atoms with Gasteiger partial charge in [-0.3, -0.25) is 14.5 Å². The Hall–Kier alpha value is -2.55. The van der Waals surface area contributed by atoms with Gasteiger partial charge in [-0.05, 0) is 44.8 Å². The average molecular weight is 388 g/mol. The molecule has 0 radical (unpaired) electrons. The van der Waals surface area contributed by atoms with E-state index in [2.05, 4.69) is 30.5 Å². The van der Waals surface area contributed by atoms with Crippen molar-refractivity contribution in [3.8, 4) is 0 Å². The summed E-state index contributed by atoms with van der Waals surface area (Å²) >= 11 is 0. The molecule has 0 aromatic carbocycles. The van der Waals surface area contributed by atoms with Crippen LogP contribution in [0.5, 0.6) is 0 Å². The van der Waals surface area contributed by atoms with Crippen LogP contribution in [-0.4, -0.2) is 69.6 Å². The summed E-state index contributed by atoms with van der Waals surface area (Å²) in [7, 11) is 0. The fourth-order valence-corrected chi connectivity index (χ4v) is 4.02. The van der Waals surface area contributed by atoms with Crippen molar-refractivity contribution in [1.82, 2.24) is 30.5 Å². The summed E-state index contributed by atoms with van der Waals surface area (Å²) in [6, 6.07) is 1.46. The number of carbonyl (C=O) groups excluding carboxylic acids is 2. The second kappa shape index (κ2) is 7.83. The zero-order valence-electron chi connectivity index (χ0n) is 15.7. The van der Waals surface area contributed by atoms with Crippen molar-refractivity contribution in [2.24, 2.45) is 0 Å². The molecule has 2 aliphatic rings. The molecule has 2 aromatic rings. The molecule has 9 heteroatoms. The highest BCUT2D eigenvalue weighted by atomic mass is 19.1. The number of fused-ring (bicyclic) bond motifs is 1. The largest absolute Gasteiger partial charge is 0.352 e. The number of H-pyrrole nitrogens is 1. The molecule has 2 amide bonds. The number of nitrogens with zero attached hydrogens (tertiary/aromatic N) is 3. The van der Waals surface area contributed by atoms with Crippen molar-refractivity contribution in [3.05, 3.63) is 24.2 Å². The van der Waals surface area contributed by atoms with Gasteiger partial charge in [0.05, 0.1) is 19.3 Å². The van der Waals surface area contributed by atoms with Gasteiger partial charge in [-0.25, -0.2) is 14.4 Å². The third kappa shape index (κ3) is 4.30. The molecular weight excluding hydrogens is 363 g/mol. The van der Waals surface area contributed by atoms with E-state index in [9.17, 15) is 9.59 Å². The number of nitrogens with one attached hydrogen (secondary N) is 3. The highest BCUT2D eigenvalue weighted by molar-refractivity contribution is 5.93. The number of aromatic nitrogens is 3. The molecule has 1 aliphatic heterocycles. The molecule has 2 aromatic heterocycles. The number of amides is 2. The summed E-state index contributed by atoms with van der Waals surface area (Å²) in [5.74, 6) is -0.496. The van der Waals surface area contributed by atoms with Crippen LogP contribution >= 0.6 is 0 Å². The SMILES string of the molecule is O=C(CN1CCCC1)NC[C@]1(F)CC[C@H](NC(=O)c2cnc3[nH]ccc3n2)C1. The lowest BCUT2D eigenvalue weighted by Gasteiger charge is -2.22. The number of hydrogen-bond donors (Lipinski definition) is 3. The number of carbonyl (C=O) groups is 2. The Balaban J connectivity index is 1.26. The molecule has 1 saturated carbocycles. The van der Waals surface area contributed by atoms with Gasteiger partial charge >= 0.3 is 0 Å². The number of aromatic amines is 1. The van der Waals surface area contributed by atoms with E-state index in [1.165, 1.54) is 6.20 Å². The first-order valence-corrected chi connectivity index (χ1v) is 9.80. The number of likely N-dealkylation sites (tertiary alicyclic amines) is 1. The number of halogens is 1. The third-order valence-corrected chi connectivity index (χ3v) is 5.55. The van der Waals surface area contributed by atoms with Crippen molar-refractivity contribution in [2.45, 2.75) is 43.8 Å². The van der Waals surface area contributed by atoms with Crippen LogP contribution in [0.3, 0.4) is 0 Å². The van der Waals surface area contributed by atoms with Gasteiger partial charge in [0.25, 0.3) is 5.91 Å². The molecule has 0 bridgehead atoms. The lowest BCUT2D eigenvalue weighted by atomic mass is 10.0. The average Bonchev–Trinajstić information content (AvgIpc) is 3.41. The molecule has 1 aliphatic carbocycles. The molecule has 1 saturated heterocycles. The van der Waals surface area contributed by atoms with Crippen LogP contribution in [-0.2, 0) is 4.79 Å². The highest BCUT2D eigenvalue weighted by Gasteiger charge is 2.40. The minimum Gasteiger partial charge on any atom is -0.352 e. The van der Waals surface area contributed by atoms with Crippen molar-refractivity contribution < 1.29 is 14.0 Å². The van der Waals surface area contributed by atoms with Gasteiger partial charge < -0.3 is 15.6 Å². The summed E-state index contributed by atoms with van der Waals surface area (Å²) in [5, 5.41) is 5.56. The third-order valence-electron chi connectivity index (χ3n) is 5.55. The van der Waals surface area contributed by atoms with E-state index in [4.69, 9.17) is 0 Å². The maximum atomic E-state index is 15.0. The normalized spacial score (nSPS) is 25.2. The molecule has 4 rings (SSSR count). The molecule has 8 nitrogen and oxygen atoms in total. The van der Waals surface area contributed by atoms with Crippen LogP contribution in [0.2, 0.25) is 0 Å². The van der Waals surface area contributed by atoms with Crippen LogP contribution < -0.4 is 10.6 Å². The minimum atomic E-state index is -1.49. The number of hydrogen-bond acceptors (Lipinski definition) is 5. The Morgan fingerprint density at radius 3 is 3.00 bits per heavy atom. The molecule has 3 heterocycles. The Morgan fingerprint density at radius 1 is 1.36 bits per heavy atom. The monoisotopic (exact) mass is 388 g/mol. The summed E-state index contributed by atoms with van der Waals surface area (Å²) in [6.07, 6.45) is 6.37. The first kappa shape index (κ1) is 18.8. The van der Waals surface area contributed by atoms with Crippen LogP contribution in [0, 0.1) is 0 Å². The van der Waals surface area contributed by atoms with Gasteiger partial charge in [0.2, 0.25) is 5.91 Å². The lowest BCUT2D eigenvalue weighted by Crippen LogP contribution is -2.43. The van der Waals surface area contributed by atoms with Crippen LogP contribution in [0.4, 0.5) is 4.39 Å². The summed E-state index contributed by atoms with van der Waals surface area (Å²) < 4.78 is 15.0. The first-order chi connectivity index (χ1) is 13.5. The van der Waals surface area contributed by atoms with E-state index in [0.717, 1.165) is 25.9 Å². The first-order valence-electron chi connectivity index (χ1n) is 9.80. The maximum absolute atomic E-state index is 15.0. The van der Waals surface area contributed by atoms with Gasteiger partial charge in [0.1, 0.15) is 16.9 Å². The predicted octanol–water partition coefficient (Wildman–Crippen LogP) is 1.16. The van der Waals surface area contributed by atoms with Crippen LogP contribution in [0.15, 0.2) is 18.5 Å². The zero-order valence-corrected chi connectivity index (χ0v) is 15.7. The topological polar surface area (TPSA) is 103 Å². The van der Waals surface area contributed by atoms with E-state index >= 15 is 4.39 Å². The quantitative estimate of drug-likeness (QED) is 0.689. The van der Waals surface area contributed by atoms with Gasteiger partial charge in [-0.2, -0.15) is 0 Å². The van der Waals surface area contributed by atoms with Gasteiger partial charge in [0, 0.05) is 18.7 Å². The van der Waals surface area contributed by atoms with Crippen molar-refractivity contribution in [1.29, 1.82) is 0 Å². The Labute approximate surface area is 162 Å². The van der Waals surface area contributed by atoms with E-state index < -0.39 is 5.67 Å². The Kier molecular flexibility index (Phi) is 5.25. The van der Waals surface area contributed by atoms with Crippen molar-refractivity contribution >= 4 is 23.0 Å². The van der Waals surface area contributed by atoms with Gasteiger partial charge in [-0.15, -0.1) is 0 Å². The van der Waals surface area contributed by atoms with E-state index in [1.54, 1.807) is 12.3 Å². The molecule has 150 valence electrons. The van der Waals surface area contributed by atoms with Gasteiger partial charge in [0.15, 0.2) is 5.65 Å². The fourth-order valence-electron chi connectivity index (χ4n) is 4.02. The van der Waals surface area contributed by atoms with Crippen molar-refractivity contribution in [3.63, 3.8) is 0 Å². The van der Waals surface area contributed by atoms with Crippen molar-refractivity contribution in [2.75, 3.05) is 26.2 Å². The van der Waals surface area contributed by atoms with Crippen LogP contribution in [0.25, 0.3) is 11.2 Å². The summed E-state index contributed by atoms with van der Waals surface area (Å²) in [5.41, 5.74) is -0.0543. The molecule has 3 N–H and O–H groups in total. The molecule has 28 heavy (non-hydrogen) atoms. The van der Waals surface area contributed by atoms with E-state index in [-0.39, 0.29) is 36.5 Å². The number of alkyl halides is 1. The van der Waals surface area contributed by atoms with E-state index in [0.29, 0.717) is 30.6 Å². The Morgan fingerprint density at radius 2 is 2.18 bits per heavy atom. The zero-order chi connectivity index (χ0) is 19.6. The Bertz CT molecular complexity index is 865. The molecule has 0 unspecified atom stereocenters. The predicted molar refractivity (Wildman–Crippen MR) is 102 cm³/mol. The van der Waals surface area contributed by atoms with E-state index in [1.807, 2.05) is 0 Å². The molecule has 0 spiro atoms. The molecular formula is C19H25FN6O2. The minimum absolute atomic E-state index is 0.0127. The highest BCUT2D eigenvalue weighted by Crippen LogP contribution is 2.33. The standard InChI is InChI=1S/C19H25FN6O2/c20-19(12-23-16(27)11-26-7-1-2-8-26)5-3-13(9-19)24-18(28)15-10-22-17-14(25-15)4-6-21-17/h4,6,10,13H,1-3,5,7-9,11-12H2,(H,21,22)(H,23,27)(H,24,28)/t13-,19-/m0/s1. The van der Waals surface area contributed by atoms with Gasteiger partial charge in [-0.1, -0.05) is 0 Å². The molecule has 2 fully saturated rings. The summed E-state index contributed by atoms with van der Waals surface area (Å²) in [4.78, 5) is 37.9.